The van der Waals surface area contributed by atoms with Gasteiger partial charge in [0.05, 0.1) is 13.2 Å². The van der Waals surface area contributed by atoms with Crippen LogP contribution in [0.4, 0.5) is 0 Å². The van der Waals surface area contributed by atoms with Crippen LogP contribution in [-0.2, 0) is 15.0 Å². The highest BCUT2D eigenvalue weighted by atomic mass is 16.7. The summed E-state index contributed by atoms with van der Waals surface area (Å²) in [4.78, 5) is 2.75. The highest BCUT2D eigenvalue weighted by molar-refractivity contribution is 5.26. The first-order chi connectivity index (χ1) is 11.3. The van der Waals surface area contributed by atoms with Crippen molar-refractivity contribution in [2.24, 2.45) is 5.92 Å². The van der Waals surface area contributed by atoms with E-state index in [-0.39, 0.29) is 11.3 Å². The maximum atomic E-state index is 6.02. The number of piperidine rings is 1. The molecule has 1 aromatic carbocycles. The van der Waals surface area contributed by atoms with Crippen molar-refractivity contribution in [3.63, 3.8) is 0 Å². The summed E-state index contributed by atoms with van der Waals surface area (Å²) in [6, 6.07) is 11.2. The quantitative estimate of drug-likeness (QED) is 0.825. The van der Waals surface area contributed by atoms with Crippen LogP contribution in [0.1, 0.15) is 51.0 Å². The topological polar surface area (TPSA) is 21.7 Å². The summed E-state index contributed by atoms with van der Waals surface area (Å²) in [5.74, 6) is 0.129. The molecule has 3 heteroatoms. The van der Waals surface area contributed by atoms with E-state index < -0.39 is 0 Å². The first-order valence-corrected chi connectivity index (χ1v) is 9.34. The molecular formula is C20H29NO2. The summed E-state index contributed by atoms with van der Waals surface area (Å²) >= 11 is 0. The second kappa shape index (κ2) is 6.19. The van der Waals surface area contributed by atoms with E-state index in [2.05, 4.69) is 42.2 Å². The van der Waals surface area contributed by atoms with Crippen LogP contribution in [0, 0.1) is 5.92 Å². The highest BCUT2D eigenvalue weighted by Gasteiger charge is 2.50. The zero-order chi connectivity index (χ0) is 15.8. The van der Waals surface area contributed by atoms with Crippen LogP contribution in [0.2, 0.25) is 0 Å². The Kier molecular flexibility index (Phi) is 4.21. The molecule has 1 aliphatic carbocycles. The molecule has 23 heavy (non-hydrogen) atoms. The maximum absolute atomic E-state index is 6.02. The molecule has 3 fully saturated rings. The van der Waals surface area contributed by atoms with Crippen molar-refractivity contribution >= 4 is 0 Å². The van der Waals surface area contributed by atoms with Gasteiger partial charge in [0, 0.05) is 31.0 Å². The minimum atomic E-state index is -0.303. The Hall–Kier alpha value is -0.900. The molecule has 0 bridgehead atoms. The molecule has 0 amide bonds. The molecule has 2 saturated heterocycles. The predicted octanol–water partition coefficient (Wildman–Crippen LogP) is 3.93. The van der Waals surface area contributed by atoms with E-state index in [1.54, 1.807) is 0 Å². The molecule has 1 unspecified atom stereocenters. The Morgan fingerprint density at radius 2 is 1.65 bits per heavy atom. The van der Waals surface area contributed by atoms with E-state index in [4.69, 9.17) is 9.47 Å². The molecule has 1 aromatic rings. The van der Waals surface area contributed by atoms with E-state index >= 15 is 0 Å². The van der Waals surface area contributed by atoms with Gasteiger partial charge in [-0.05, 0) is 18.4 Å². The van der Waals surface area contributed by atoms with Crippen molar-refractivity contribution in [2.75, 3.05) is 26.3 Å². The van der Waals surface area contributed by atoms with Gasteiger partial charge in [0.25, 0.3) is 0 Å². The molecule has 2 aliphatic heterocycles. The van der Waals surface area contributed by atoms with E-state index in [9.17, 15) is 0 Å². The average Bonchev–Trinajstić information content (AvgIpc) is 3.09. The zero-order valence-electron chi connectivity index (χ0n) is 14.3. The van der Waals surface area contributed by atoms with Crippen molar-refractivity contribution in [3.8, 4) is 0 Å². The summed E-state index contributed by atoms with van der Waals surface area (Å²) < 4.78 is 12.0. The lowest BCUT2D eigenvalue weighted by Crippen LogP contribution is -2.58. The number of nitrogens with zero attached hydrogens (tertiary/aromatic N) is 1. The smallest absolute Gasteiger partial charge is 0.173 e. The van der Waals surface area contributed by atoms with E-state index in [1.165, 1.54) is 37.7 Å². The minimum absolute atomic E-state index is 0.230. The number of hydrogen-bond donors (Lipinski definition) is 0. The summed E-state index contributed by atoms with van der Waals surface area (Å²) in [5.41, 5.74) is 1.74. The summed E-state index contributed by atoms with van der Waals surface area (Å²) in [6.45, 7) is 5.98. The van der Waals surface area contributed by atoms with Crippen LogP contribution in [0.3, 0.4) is 0 Å². The fourth-order valence-electron chi connectivity index (χ4n) is 5.06. The normalized spacial score (nSPS) is 30.6. The third-order valence-electron chi connectivity index (χ3n) is 6.35. The third kappa shape index (κ3) is 2.63. The van der Waals surface area contributed by atoms with E-state index in [1.807, 2.05) is 0 Å². The fraction of sp³-hybridized carbons (Fsp3) is 0.700. The van der Waals surface area contributed by atoms with Gasteiger partial charge < -0.3 is 9.47 Å². The minimum Gasteiger partial charge on any atom is -0.347 e. The molecule has 2 heterocycles. The van der Waals surface area contributed by atoms with Crippen LogP contribution >= 0.6 is 0 Å². The Morgan fingerprint density at radius 3 is 2.30 bits per heavy atom. The van der Waals surface area contributed by atoms with Crippen molar-refractivity contribution in [2.45, 2.75) is 56.8 Å². The molecule has 3 nitrogen and oxygen atoms in total. The molecule has 4 rings (SSSR count). The predicted molar refractivity (Wildman–Crippen MR) is 91.2 cm³/mol. The van der Waals surface area contributed by atoms with Gasteiger partial charge in [0.1, 0.15) is 0 Å². The molecule has 0 N–H and O–H groups in total. The standard InChI is InChI=1S/C20H29NO2/c1-17-16-21(13-12-20(17)22-14-15-23-20)19(10-6-3-7-11-19)18-8-4-2-5-9-18/h2,4-5,8-9,17H,3,6-7,10-16H2,1H3. The van der Waals surface area contributed by atoms with Gasteiger partial charge >= 0.3 is 0 Å². The van der Waals surface area contributed by atoms with Crippen LogP contribution < -0.4 is 0 Å². The first-order valence-electron chi connectivity index (χ1n) is 9.34. The van der Waals surface area contributed by atoms with E-state index in [0.717, 1.165) is 32.7 Å². The van der Waals surface area contributed by atoms with Crippen LogP contribution in [0.15, 0.2) is 30.3 Å². The Balaban J connectivity index is 1.61. The number of benzene rings is 1. The second-order valence-corrected chi connectivity index (χ2v) is 7.56. The average molecular weight is 315 g/mol. The number of likely N-dealkylation sites (tertiary alicyclic amines) is 1. The van der Waals surface area contributed by atoms with Gasteiger partial charge in [0.2, 0.25) is 0 Å². The zero-order valence-corrected chi connectivity index (χ0v) is 14.3. The second-order valence-electron chi connectivity index (χ2n) is 7.56. The Bertz CT molecular complexity index is 518. The lowest BCUT2D eigenvalue weighted by atomic mass is 9.73. The van der Waals surface area contributed by atoms with Crippen molar-refractivity contribution < 1.29 is 9.47 Å². The molecule has 1 atom stereocenters. The molecule has 1 spiro atoms. The molecular weight excluding hydrogens is 286 g/mol. The molecule has 0 radical (unpaired) electrons. The monoisotopic (exact) mass is 315 g/mol. The molecule has 1 saturated carbocycles. The summed E-state index contributed by atoms with van der Waals surface area (Å²) in [6.07, 6.45) is 7.66. The lowest BCUT2D eigenvalue weighted by molar-refractivity contribution is -0.226. The lowest BCUT2D eigenvalue weighted by Gasteiger charge is -2.53. The van der Waals surface area contributed by atoms with Gasteiger partial charge in [-0.1, -0.05) is 56.5 Å². The van der Waals surface area contributed by atoms with Crippen LogP contribution in [-0.4, -0.2) is 37.0 Å². The summed E-state index contributed by atoms with van der Waals surface area (Å²) in [7, 11) is 0. The molecule has 3 aliphatic rings. The Labute approximate surface area is 140 Å². The van der Waals surface area contributed by atoms with Gasteiger partial charge in [-0.2, -0.15) is 0 Å². The van der Waals surface area contributed by atoms with Crippen molar-refractivity contribution in [1.82, 2.24) is 4.90 Å². The molecule has 126 valence electrons. The molecule has 0 aromatic heterocycles. The van der Waals surface area contributed by atoms with Gasteiger partial charge in [-0.25, -0.2) is 0 Å². The van der Waals surface area contributed by atoms with Crippen molar-refractivity contribution in [3.05, 3.63) is 35.9 Å². The number of rotatable bonds is 2. The maximum Gasteiger partial charge on any atom is 0.173 e. The number of ether oxygens (including phenoxy) is 2. The third-order valence-corrected chi connectivity index (χ3v) is 6.35. The summed E-state index contributed by atoms with van der Waals surface area (Å²) in [5, 5.41) is 0. The highest BCUT2D eigenvalue weighted by Crippen LogP contribution is 2.46. The van der Waals surface area contributed by atoms with Gasteiger partial charge in [-0.3, -0.25) is 4.90 Å². The van der Waals surface area contributed by atoms with E-state index in [0.29, 0.717) is 5.92 Å². The first kappa shape index (κ1) is 15.6. The fourth-order valence-corrected chi connectivity index (χ4v) is 5.06. The largest absolute Gasteiger partial charge is 0.347 e. The SMILES string of the molecule is CC1CN(C2(c3ccccc3)CCCCC2)CCC12OCCO2. The van der Waals surface area contributed by atoms with Gasteiger partial charge in [-0.15, -0.1) is 0 Å². The Morgan fingerprint density at radius 1 is 0.957 bits per heavy atom. The number of hydrogen-bond acceptors (Lipinski definition) is 3. The van der Waals surface area contributed by atoms with Crippen LogP contribution in [0.5, 0.6) is 0 Å². The van der Waals surface area contributed by atoms with Gasteiger partial charge in [0.15, 0.2) is 5.79 Å². The van der Waals surface area contributed by atoms with Crippen molar-refractivity contribution in [1.29, 1.82) is 0 Å². The van der Waals surface area contributed by atoms with Crippen LogP contribution in [0.25, 0.3) is 0 Å².